The summed E-state index contributed by atoms with van der Waals surface area (Å²) in [4.78, 5) is 0. The first-order valence-corrected chi connectivity index (χ1v) is 14.6. The van der Waals surface area contributed by atoms with E-state index in [1.54, 1.807) is 11.1 Å². The largest absolute Gasteiger partial charge is 0.0804 e. The monoisotopic (exact) mass is 456 g/mol. The lowest BCUT2D eigenvalue weighted by atomic mass is 9.77. The Hall–Kier alpha value is -1.82. The maximum absolute atomic E-state index is 2.53. The number of unbranched alkanes of at least 4 members (excludes halogenated alkanes) is 2. The molecule has 2 unspecified atom stereocenters. The van der Waals surface area contributed by atoms with Crippen molar-refractivity contribution in [3.63, 3.8) is 0 Å². The zero-order valence-corrected chi connectivity index (χ0v) is 22.2. The molecule has 0 aromatic heterocycles. The maximum atomic E-state index is 2.53. The molecule has 184 valence electrons. The molecule has 0 heteroatoms. The molecule has 2 atom stereocenters. The van der Waals surface area contributed by atoms with Crippen LogP contribution in [0.3, 0.4) is 0 Å². The van der Waals surface area contributed by atoms with Crippen LogP contribution in [0.15, 0.2) is 54.6 Å². The highest BCUT2D eigenvalue weighted by Gasteiger charge is 2.22. The van der Waals surface area contributed by atoms with Crippen LogP contribution < -0.4 is 0 Å². The maximum Gasteiger partial charge on any atom is -0.0162 e. The summed E-state index contributed by atoms with van der Waals surface area (Å²) < 4.78 is 0. The second kappa shape index (κ2) is 12.8. The molecule has 0 bridgehead atoms. The SMILES string of the molecule is CCCCC[C@H]1CC[C@H](c2ccc(-c3ccc(C4=CCC(CC(C)CC)CC4)cc3)cc2)CC1. The number of benzene rings is 2. The van der Waals surface area contributed by atoms with E-state index in [4.69, 9.17) is 0 Å². The first kappa shape index (κ1) is 25.3. The lowest BCUT2D eigenvalue weighted by Gasteiger charge is -2.29. The molecule has 1 fully saturated rings. The molecular weight excluding hydrogens is 408 g/mol. The van der Waals surface area contributed by atoms with Crippen molar-refractivity contribution in [3.05, 3.63) is 65.7 Å². The van der Waals surface area contributed by atoms with Crippen LogP contribution in [0.5, 0.6) is 0 Å². The lowest BCUT2D eigenvalue weighted by Crippen LogP contribution is -2.13. The fourth-order valence-electron chi connectivity index (χ4n) is 6.39. The van der Waals surface area contributed by atoms with Crippen molar-refractivity contribution in [1.29, 1.82) is 0 Å². The molecule has 0 aliphatic heterocycles. The van der Waals surface area contributed by atoms with Crippen LogP contribution in [-0.4, -0.2) is 0 Å². The van der Waals surface area contributed by atoms with Crippen LogP contribution in [0.1, 0.15) is 121 Å². The van der Waals surface area contributed by atoms with Gasteiger partial charge in [-0.2, -0.15) is 0 Å². The average molecular weight is 457 g/mol. The van der Waals surface area contributed by atoms with Crippen LogP contribution in [0, 0.1) is 17.8 Å². The summed E-state index contributed by atoms with van der Waals surface area (Å²) in [6.45, 7) is 7.04. The summed E-state index contributed by atoms with van der Waals surface area (Å²) >= 11 is 0. The van der Waals surface area contributed by atoms with Crippen LogP contribution in [0.2, 0.25) is 0 Å². The average Bonchev–Trinajstić information content (AvgIpc) is 2.90. The third kappa shape index (κ3) is 6.87. The quantitative estimate of drug-likeness (QED) is 0.312. The lowest BCUT2D eigenvalue weighted by molar-refractivity contribution is 0.303. The standard InChI is InChI=1S/C34H48/c1-4-6-7-8-27-9-13-29(14-10-27)31-17-21-33(22-18-31)34-23-19-32(20-24-34)30-15-11-28(12-16-30)25-26(3)5-2/h15,17-24,26-29H,4-14,16,25H2,1-3H3/t26?,27-,28?,29-. The van der Waals surface area contributed by atoms with Gasteiger partial charge >= 0.3 is 0 Å². The van der Waals surface area contributed by atoms with E-state index in [-0.39, 0.29) is 0 Å². The van der Waals surface area contributed by atoms with Crippen molar-refractivity contribution in [3.8, 4) is 11.1 Å². The smallest absolute Gasteiger partial charge is 0.0162 e. The van der Waals surface area contributed by atoms with E-state index < -0.39 is 0 Å². The second-order valence-electron chi connectivity index (χ2n) is 11.5. The zero-order valence-electron chi connectivity index (χ0n) is 22.2. The Kier molecular flexibility index (Phi) is 9.49. The number of rotatable bonds is 10. The van der Waals surface area contributed by atoms with E-state index in [9.17, 15) is 0 Å². The van der Waals surface area contributed by atoms with Gasteiger partial charge in [0.25, 0.3) is 0 Å². The molecule has 2 aliphatic carbocycles. The Morgan fingerprint density at radius 1 is 0.735 bits per heavy atom. The Morgan fingerprint density at radius 3 is 1.97 bits per heavy atom. The second-order valence-corrected chi connectivity index (χ2v) is 11.5. The minimum Gasteiger partial charge on any atom is -0.0804 e. The first-order valence-electron chi connectivity index (χ1n) is 14.6. The number of allylic oxidation sites excluding steroid dienone is 2. The van der Waals surface area contributed by atoms with E-state index in [0.717, 1.165) is 23.7 Å². The topological polar surface area (TPSA) is 0 Å². The van der Waals surface area contributed by atoms with Crippen molar-refractivity contribution in [2.75, 3.05) is 0 Å². The predicted octanol–water partition coefficient (Wildman–Crippen LogP) is 10.8. The van der Waals surface area contributed by atoms with Crippen molar-refractivity contribution < 1.29 is 0 Å². The van der Waals surface area contributed by atoms with Gasteiger partial charge in [-0.15, -0.1) is 0 Å². The van der Waals surface area contributed by atoms with Gasteiger partial charge < -0.3 is 0 Å². The number of hydrogen-bond acceptors (Lipinski definition) is 0. The van der Waals surface area contributed by atoms with Gasteiger partial charge in [0.2, 0.25) is 0 Å². The van der Waals surface area contributed by atoms with Crippen molar-refractivity contribution in [2.45, 2.75) is 110 Å². The highest BCUT2D eigenvalue weighted by atomic mass is 14.3. The molecule has 2 aromatic rings. The molecule has 4 rings (SSSR count). The predicted molar refractivity (Wildman–Crippen MR) is 150 cm³/mol. The molecular formula is C34H48. The van der Waals surface area contributed by atoms with E-state index in [0.29, 0.717) is 0 Å². The van der Waals surface area contributed by atoms with Gasteiger partial charge in [0, 0.05) is 0 Å². The molecule has 0 N–H and O–H groups in total. The highest BCUT2D eigenvalue weighted by Crippen LogP contribution is 2.39. The molecule has 2 aliphatic rings. The normalized spacial score (nSPS) is 24.0. The van der Waals surface area contributed by atoms with Gasteiger partial charge in [0.1, 0.15) is 0 Å². The Labute approximate surface area is 210 Å². The zero-order chi connectivity index (χ0) is 23.8. The van der Waals surface area contributed by atoms with Crippen LogP contribution in [0.4, 0.5) is 0 Å². The van der Waals surface area contributed by atoms with Gasteiger partial charge in [-0.3, -0.25) is 0 Å². The summed E-state index contributed by atoms with van der Waals surface area (Å²) in [5, 5.41) is 0. The summed E-state index contributed by atoms with van der Waals surface area (Å²) in [5.74, 6) is 3.54. The molecule has 0 nitrogen and oxygen atoms in total. The minimum atomic E-state index is 0.779. The first-order chi connectivity index (χ1) is 16.7. The van der Waals surface area contributed by atoms with Gasteiger partial charge in [-0.05, 0) is 103 Å². The Bertz CT molecular complexity index is 877. The summed E-state index contributed by atoms with van der Waals surface area (Å²) in [7, 11) is 0. The molecule has 34 heavy (non-hydrogen) atoms. The van der Waals surface area contributed by atoms with Crippen molar-refractivity contribution in [2.24, 2.45) is 17.8 Å². The Balaban J connectivity index is 1.30. The summed E-state index contributed by atoms with van der Waals surface area (Å²) in [6, 6.07) is 18.9. The Morgan fingerprint density at radius 2 is 1.38 bits per heavy atom. The highest BCUT2D eigenvalue weighted by molar-refractivity contribution is 5.71. The fraction of sp³-hybridized carbons (Fsp3) is 0.588. The third-order valence-corrected chi connectivity index (χ3v) is 8.99. The number of hydrogen-bond donors (Lipinski definition) is 0. The third-order valence-electron chi connectivity index (χ3n) is 8.99. The van der Waals surface area contributed by atoms with E-state index in [2.05, 4.69) is 75.4 Å². The summed E-state index contributed by atoms with van der Waals surface area (Å²) in [5.41, 5.74) is 7.26. The fourth-order valence-corrected chi connectivity index (χ4v) is 6.39. The molecule has 0 radical (unpaired) electrons. The van der Waals surface area contributed by atoms with Crippen molar-refractivity contribution in [1.82, 2.24) is 0 Å². The van der Waals surface area contributed by atoms with E-state index in [1.807, 2.05) is 0 Å². The van der Waals surface area contributed by atoms with Crippen molar-refractivity contribution >= 4 is 5.57 Å². The minimum absolute atomic E-state index is 0.779. The molecule has 0 saturated heterocycles. The molecule has 2 aromatic carbocycles. The van der Waals surface area contributed by atoms with Crippen LogP contribution >= 0.6 is 0 Å². The van der Waals surface area contributed by atoms with E-state index >= 15 is 0 Å². The van der Waals surface area contributed by atoms with Gasteiger partial charge in [0.15, 0.2) is 0 Å². The molecule has 0 amide bonds. The molecule has 0 spiro atoms. The summed E-state index contributed by atoms with van der Waals surface area (Å²) in [6.07, 6.45) is 20.4. The van der Waals surface area contributed by atoms with Gasteiger partial charge in [-0.1, -0.05) is 107 Å². The van der Waals surface area contributed by atoms with Crippen LogP contribution in [0.25, 0.3) is 16.7 Å². The van der Waals surface area contributed by atoms with Gasteiger partial charge in [-0.25, -0.2) is 0 Å². The van der Waals surface area contributed by atoms with Crippen LogP contribution in [-0.2, 0) is 0 Å². The molecule has 1 saturated carbocycles. The van der Waals surface area contributed by atoms with E-state index in [1.165, 1.54) is 100 Å². The van der Waals surface area contributed by atoms with Gasteiger partial charge in [0.05, 0.1) is 0 Å². The molecule has 0 heterocycles.